The zero-order valence-corrected chi connectivity index (χ0v) is 13.8. The van der Waals surface area contributed by atoms with Crippen molar-refractivity contribution in [3.8, 4) is 0 Å². The van der Waals surface area contributed by atoms with Crippen LogP contribution in [-0.4, -0.2) is 23.3 Å². The molecule has 0 saturated carbocycles. The van der Waals surface area contributed by atoms with Crippen LogP contribution in [0.15, 0.2) is 59.2 Å². The summed E-state index contributed by atoms with van der Waals surface area (Å²) in [7, 11) is -3.67. The number of nitrogens with one attached hydrogen (secondary N) is 1. The number of rotatable bonds is 4. The number of nitrogens with zero attached hydrogens (tertiary/aromatic N) is 2. The molecule has 118 valence electrons. The van der Waals surface area contributed by atoms with Crippen molar-refractivity contribution in [2.24, 2.45) is 0 Å². The van der Waals surface area contributed by atoms with Crippen molar-refractivity contribution in [3.05, 3.63) is 64.9 Å². The maximum atomic E-state index is 12.5. The molecule has 0 saturated heterocycles. The Morgan fingerprint density at radius 3 is 2.61 bits per heavy atom. The van der Waals surface area contributed by atoms with Gasteiger partial charge in [0.15, 0.2) is 5.01 Å². The van der Waals surface area contributed by atoms with Crippen LogP contribution in [0.3, 0.4) is 0 Å². The van der Waals surface area contributed by atoms with E-state index in [-0.39, 0.29) is 10.8 Å². The van der Waals surface area contributed by atoms with Crippen LogP contribution in [0.2, 0.25) is 0 Å². The Labute approximate surface area is 137 Å². The Bertz CT molecular complexity index is 927. The quantitative estimate of drug-likeness (QED) is 0.787. The summed E-state index contributed by atoms with van der Waals surface area (Å²) < 4.78 is 26.1. The lowest BCUT2D eigenvalue weighted by Gasteiger charge is -2.06. The highest BCUT2D eigenvalue weighted by Gasteiger charge is 2.17. The van der Waals surface area contributed by atoms with Gasteiger partial charge < -0.3 is 5.32 Å². The standard InChI is InChI=1S/C15H13N3O3S2/c1-11-2-4-13(5-3-11)23(20,21)18-8-6-12(10-18)17-14(19)15-16-7-9-22-15/h2-10H,1H3,(H,17,19). The zero-order valence-electron chi connectivity index (χ0n) is 12.1. The molecule has 1 amide bonds. The van der Waals surface area contributed by atoms with Crippen LogP contribution >= 0.6 is 11.3 Å². The number of aryl methyl sites for hydroxylation is 1. The van der Waals surface area contributed by atoms with E-state index in [4.69, 9.17) is 0 Å². The number of hydrogen-bond acceptors (Lipinski definition) is 5. The molecule has 23 heavy (non-hydrogen) atoms. The Balaban J connectivity index is 1.84. The first-order chi connectivity index (χ1) is 11.0. The Morgan fingerprint density at radius 1 is 1.22 bits per heavy atom. The fourth-order valence-corrected chi connectivity index (χ4v) is 3.68. The lowest BCUT2D eigenvalue weighted by atomic mass is 10.2. The second-order valence-corrected chi connectivity index (χ2v) is 7.58. The fraction of sp³-hybridized carbons (Fsp3) is 0.0667. The number of carbonyl (C=O) groups excluding carboxylic acids is 1. The highest BCUT2D eigenvalue weighted by atomic mass is 32.2. The van der Waals surface area contributed by atoms with Gasteiger partial charge in [0, 0.05) is 24.0 Å². The first-order valence-electron chi connectivity index (χ1n) is 6.68. The summed E-state index contributed by atoms with van der Waals surface area (Å²) in [5, 5.41) is 4.64. The third kappa shape index (κ3) is 3.17. The highest BCUT2D eigenvalue weighted by molar-refractivity contribution is 7.90. The normalized spacial score (nSPS) is 11.3. The van der Waals surface area contributed by atoms with Gasteiger partial charge in [-0.2, -0.15) is 0 Å². The average molecular weight is 347 g/mol. The van der Waals surface area contributed by atoms with Gasteiger partial charge in [-0.05, 0) is 25.1 Å². The zero-order chi connectivity index (χ0) is 16.4. The van der Waals surface area contributed by atoms with Crippen LogP contribution in [0.4, 0.5) is 5.69 Å². The predicted octanol–water partition coefficient (Wildman–Crippen LogP) is 2.74. The minimum atomic E-state index is -3.67. The lowest BCUT2D eigenvalue weighted by Crippen LogP contribution is -2.12. The molecule has 6 nitrogen and oxygen atoms in total. The number of benzene rings is 1. The minimum absolute atomic E-state index is 0.191. The number of carbonyl (C=O) groups is 1. The molecule has 3 aromatic rings. The van der Waals surface area contributed by atoms with Gasteiger partial charge in [0.2, 0.25) is 0 Å². The van der Waals surface area contributed by atoms with Crippen molar-refractivity contribution in [2.45, 2.75) is 11.8 Å². The maximum absolute atomic E-state index is 12.5. The first kappa shape index (κ1) is 15.4. The van der Waals surface area contributed by atoms with Crippen LogP contribution < -0.4 is 5.32 Å². The molecule has 0 aliphatic rings. The predicted molar refractivity (Wildman–Crippen MR) is 88.3 cm³/mol. The monoisotopic (exact) mass is 347 g/mol. The molecule has 0 radical (unpaired) electrons. The van der Waals surface area contributed by atoms with Crippen LogP contribution in [0, 0.1) is 6.92 Å². The summed E-state index contributed by atoms with van der Waals surface area (Å²) in [4.78, 5) is 16.0. The molecule has 0 atom stereocenters. The highest BCUT2D eigenvalue weighted by Crippen LogP contribution is 2.18. The van der Waals surface area contributed by atoms with Gasteiger partial charge in [-0.1, -0.05) is 17.7 Å². The molecule has 8 heteroatoms. The van der Waals surface area contributed by atoms with Crippen molar-refractivity contribution in [1.82, 2.24) is 8.96 Å². The lowest BCUT2D eigenvalue weighted by molar-refractivity contribution is 0.102. The molecular weight excluding hydrogens is 334 g/mol. The summed E-state index contributed by atoms with van der Waals surface area (Å²) in [6.07, 6.45) is 4.29. The second-order valence-electron chi connectivity index (χ2n) is 4.84. The SMILES string of the molecule is Cc1ccc(S(=O)(=O)n2ccc(NC(=O)c3nccs3)c2)cc1. The van der Waals surface area contributed by atoms with E-state index in [0.29, 0.717) is 10.7 Å². The van der Waals surface area contributed by atoms with Crippen molar-refractivity contribution >= 4 is 33.0 Å². The topological polar surface area (TPSA) is 81.1 Å². The van der Waals surface area contributed by atoms with E-state index in [0.717, 1.165) is 9.54 Å². The smallest absolute Gasteiger partial charge is 0.284 e. The Hall–Kier alpha value is -2.45. The second kappa shape index (κ2) is 5.98. The van der Waals surface area contributed by atoms with Crippen molar-refractivity contribution in [2.75, 3.05) is 5.32 Å². The Morgan fingerprint density at radius 2 is 1.96 bits per heavy atom. The van der Waals surface area contributed by atoms with Gasteiger partial charge in [0.05, 0.1) is 10.6 Å². The van der Waals surface area contributed by atoms with Crippen LogP contribution in [0.5, 0.6) is 0 Å². The number of amides is 1. The molecule has 0 aliphatic carbocycles. The van der Waals surface area contributed by atoms with E-state index < -0.39 is 10.0 Å². The molecule has 0 bridgehead atoms. The summed E-state index contributed by atoms with van der Waals surface area (Å²) >= 11 is 1.21. The molecule has 3 rings (SSSR count). The van der Waals surface area contributed by atoms with E-state index >= 15 is 0 Å². The number of aromatic nitrogens is 2. The average Bonchev–Trinajstić information content (AvgIpc) is 3.19. The third-order valence-electron chi connectivity index (χ3n) is 3.15. The van der Waals surface area contributed by atoms with E-state index in [2.05, 4.69) is 10.3 Å². The van der Waals surface area contributed by atoms with Gasteiger partial charge >= 0.3 is 0 Å². The van der Waals surface area contributed by atoms with Crippen LogP contribution in [0.1, 0.15) is 15.4 Å². The number of hydrogen-bond donors (Lipinski definition) is 1. The number of anilines is 1. The van der Waals surface area contributed by atoms with Crippen LogP contribution in [-0.2, 0) is 10.0 Å². The first-order valence-corrected chi connectivity index (χ1v) is 9.00. The molecule has 2 aromatic heterocycles. The maximum Gasteiger partial charge on any atom is 0.284 e. The third-order valence-corrected chi connectivity index (χ3v) is 5.57. The summed E-state index contributed by atoms with van der Waals surface area (Å²) in [5.41, 5.74) is 1.37. The summed E-state index contributed by atoms with van der Waals surface area (Å²) in [5.74, 6) is -0.370. The molecule has 1 N–H and O–H groups in total. The van der Waals surface area contributed by atoms with Gasteiger partial charge in [-0.25, -0.2) is 17.4 Å². The molecule has 0 unspecified atom stereocenters. The van der Waals surface area contributed by atoms with E-state index in [1.807, 2.05) is 6.92 Å². The van der Waals surface area contributed by atoms with Gasteiger partial charge in [0.25, 0.3) is 15.9 Å². The molecule has 0 aliphatic heterocycles. The molecule has 0 fully saturated rings. The largest absolute Gasteiger partial charge is 0.319 e. The van der Waals surface area contributed by atoms with E-state index in [9.17, 15) is 13.2 Å². The number of thiazole rings is 1. The summed E-state index contributed by atoms with van der Waals surface area (Å²) in [6.45, 7) is 1.89. The fourth-order valence-electron chi connectivity index (χ4n) is 1.95. The van der Waals surface area contributed by atoms with Crippen LogP contribution in [0.25, 0.3) is 0 Å². The van der Waals surface area contributed by atoms with E-state index in [1.54, 1.807) is 29.6 Å². The molecular formula is C15H13N3O3S2. The Kier molecular flexibility index (Phi) is 4.01. The van der Waals surface area contributed by atoms with E-state index in [1.165, 1.54) is 36.0 Å². The van der Waals surface area contributed by atoms with Crippen molar-refractivity contribution in [3.63, 3.8) is 0 Å². The van der Waals surface area contributed by atoms with Crippen molar-refractivity contribution in [1.29, 1.82) is 0 Å². The van der Waals surface area contributed by atoms with Crippen molar-refractivity contribution < 1.29 is 13.2 Å². The molecule has 0 spiro atoms. The summed E-state index contributed by atoms with van der Waals surface area (Å²) in [6, 6.07) is 8.11. The van der Waals surface area contributed by atoms with Gasteiger partial charge in [-0.3, -0.25) is 4.79 Å². The van der Waals surface area contributed by atoms with Gasteiger partial charge in [-0.15, -0.1) is 11.3 Å². The molecule has 1 aromatic carbocycles. The van der Waals surface area contributed by atoms with Gasteiger partial charge in [0.1, 0.15) is 0 Å². The molecule has 2 heterocycles. The minimum Gasteiger partial charge on any atom is -0.319 e.